The summed E-state index contributed by atoms with van der Waals surface area (Å²) >= 11 is 0. The van der Waals surface area contributed by atoms with E-state index >= 15 is 0 Å². The predicted molar refractivity (Wildman–Crippen MR) is 57.9 cm³/mol. The molecule has 1 aromatic carbocycles. The van der Waals surface area contributed by atoms with Gasteiger partial charge in [-0.1, -0.05) is 30.8 Å². The lowest BCUT2D eigenvalue weighted by atomic mass is 10.00. The van der Waals surface area contributed by atoms with E-state index in [-0.39, 0.29) is 5.78 Å². The molecular formula is C12H15NO. The Labute approximate surface area is 84.4 Å². The van der Waals surface area contributed by atoms with Crippen LogP contribution in [0.15, 0.2) is 36.4 Å². The molecule has 0 radical (unpaired) electrons. The molecular weight excluding hydrogens is 174 g/mol. The number of carbonyl (C=O) groups excluding carboxylic acids is 1. The maximum absolute atomic E-state index is 11.4. The standard InChI is InChI=1S/C12H15NO/c1-9(2)12(14)7-10-5-3-4-6-11(10)8-13/h3-6H,1,7-8,13H2,2H3. The van der Waals surface area contributed by atoms with Crippen molar-refractivity contribution >= 4 is 5.78 Å². The first-order valence-electron chi connectivity index (χ1n) is 4.60. The van der Waals surface area contributed by atoms with Crippen LogP contribution in [0.3, 0.4) is 0 Å². The van der Waals surface area contributed by atoms with Crippen LogP contribution < -0.4 is 5.73 Å². The van der Waals surface area contributed by atoms with E-state index in [4.69, 9.17) is 5.73 Å². The molecule has 2 N–H and O–H groups in total. The van der Waals surface area contributed by atoms with Gasteiger partial charge in [-0.2, -0.15) is 0 Å². The average molecular weight is 189 g/mol. The highest BCUT2D eigenvalue weighted by Crippen LogP contribution is 2.10. The van der Waals surface area contributed by atoms with E-state index in [1.165, 1.54) is 0 Å². The summed E-state index contributed by atoms with van der Waals surface area (Å²) in [5.74, 6) is 0.0749. The summed E-state index contributed by atoms with van der Waals surface area (Å²) < 4.78 is 0. The summed E-state index contributed by atoms with van der Waals surface area (Å²) in [6, 6.07) is 7.72. The Morgan fingerprint density at radius 3 is 2.43 bits per heavy atom. The summed E-state index contributed by atoms with van der Waals surface area (Å²) in [6.07, 6.45) is 0.405. The van der Waals surface area contributed by atoms with Crippen molar-refractivity contribution in [2.45, 2.75) is 19.9 Å². The maximum Gasteiger partial charge on any atom is 0.162 e. The highest BCUT2D eigenvalue weighted by Gasteiger charge is 2.06. The Balaban J connectivity index is 2.85. The lowest BCUT2D eigenvalue weighted by Gasteiger charge is -2.06. The number of rotatable bonds is 4. The third kappa shape index (κ3) is 2.54. The van der Waals surface area contributed by atoms with Gasteiger partial charge in [0.15, 0.2) is 5.78 Å². The lowest BCUT2D eigenvalue weighted by Crippen LogP contribution is -2.08. The minimum atomic E-state index is 0.0749. The van der Waals surface area contributed by atoms with Crippen LogP contribution in [0.4, 0.5) is 0 Å². The van der Waals surface area contributed by atoms with E-state index < -0.39 is 0 Å². The van der Waals surface area contributed by atoms with Crippen LogP contribution in [-0.4, -0.2) is 5.78 Å². The third-order valence-corrected chi connectivity index (χ3v) is 2.17. The number of ketones is 1. The number of nitrogens with two attached hydrogens (primary N) is 1. The SMILES string of the molecule is C=C(C)C(=O)Cc1ccccc1CN. The summed E-state index contributed by atoms with van der Waals surface area (Å²) in [4.78, 5) is 11.4. The van der Waals surface area contributed by atoms with Gasteiger partial charge >= 0.3 is 0 Å². The molecule has 1 aromatic rings. The fourth-order valence-electron chi connectivity index (χ4n) is 1.25. The second-order valence-electron chi connectivity index (χ2n) is 3.35. The lowest BCUT2D eigenvalue weighted by molar-refractivity contribution is -0.114. The van der Waals surface area contributed by atoms with Crippen molar-refractivity contribution in [2.75, 3.05) is 0 Å². The van der Waals surface area contributed by atoms with E-state index in [9.17, 15) is 4.79 Å². The number of benzene rings is 1. The van der Waals surface area contributed by atoms with Gasteiger partial charge < -0.3 is 5.73 Å². The van der Waals surface area contributed by atoms with Crippen LogP contribution in [-0.2, 0) is 17.8 Å². The van der Waals surface area contributed by atoms with Gasteiger partial charge in [-0.25, -0.2) is 0 Å². The van der Waals surface area contributed by atoms with E-state index in [1.807, 2.05) is 24.3 Å². The monoisotopic (exact) mass is 189 g/mol. The zero-order valence-corrected chi connectivity index (χ0v) is 8.42. The highest BCUT2D eigenvalue weighted by atomic mass is 16.1. The van der Waals surface area contributed by atoms with E-state index in [0.29, 0.717) is 18.5 Å². The molecule has 0 saturated heterocycles. The molecule has 74 valence electrons. The van der Waals surface area contributed by atoms with Crippen LogP contribution in [0.1, 0.15) is 18.1 Å². The molecule has 2 nitrogen and oxygen atoms in total. The maximum atomic E-state index is 11.4. The molecule has 0 unspecified atom stereocenters. The summed E-state index contributed by atoms with van der Waals surface area (Å²) in [7, 11) is 0. The summed E-state index contributed by atoms with van der Waals surface area (Å²) in [5, 5.41) is 0. The molecule has 0 fully saturated rings. The largest absolute Gasteiger partial charge is 0.326 e. The summed E-state index contributed by atoms with van der Waals surface area (Å²) in [5.41, 5.74) is 8.20. The minimum Gasteiger partial charge on any atom is -0.326 e. The normalized spacial score (nSPS) is 9.86. The van der Waals surface area contributed by atoms with Gasteiger partial charge in [-0.3, -0.25) is 4.79 Å². The fraction of sp³-hybridized carbons (Fsp3) is 0.250. The fourth-order valence-corrected chi connectivity index (χ4v) is 1.25. The zero-order valence-electron chi connectivity index (χ0n) is 8.42. The molecule has 0 aromatic heterocycles. The van der Waals surface area contributed by atoms with Gasteiger partial charge in [0.1, 0.15) is 0 Å². The van der Waals surface area contributed by atoms with Crippen molar-refractivity contribution in [1.82, 2.24) is 0 Å². The molecule has 0 bridgehead atoms. The summed E-state index contributed by atoms with van der Waals surface area (Å²) in [6.45, 7) is 5.83. The van der Waals surface area contributed by atoms with E-state index in [0.717, 1.165) is 11.1 Å². The Morgan fingerprint density at radius 2 is 1.93 bits per heavy atom. The number of hydrogen-bond acceptors (Lipinski definition) is 2. The molecule has 0 amide bonds. The Hall–Kier alpha value is -1.41. The van der Waals surface area contributed by atoms with Crippen molar-refractivity contribution in [1.29, 1.82) is 0 Å². The molecule has 0 heterocycles. The average Bonchev–Trinajstić information content (AvgIpc) is 2.18. The zero-order chi connectivity index (χ0) is 10.6. The van der Waals surface area contributed by atoms with Crippen molar-refractivity contribution < 1.29 is 4.79 Å². The minimum absolute atomic E-state index is 0.0749. The number of carbonyl (C=O) groups is 1. The molecule has 0 spiro atoms. The van der Waals surface area contributed by atoms with Gasteiger partial charge in [0.25, 0.3) is 0 Å². The Bertz CT molecular complexity index is 355. The first-order chi connectivity index (χ1) is 6.65. The first kappa shape index (κ1) is 10.7. The van der Waals surface area contributed by atoms with Crippen LogP contribution >= 0.6 is 0 Å². The van der Waals surface area contributed by atoms with Gasteiger partial charge in [-0.05, 0) is 23.6 Å². The van der Waals surface area contributed by atoms with Crippen LogP contribution in [0.5, 0.6) is 0 Å². The highest BCUT2D eigenvalue weighted by molar-refractivity contribution is 5.95. The molecule has 0 aliphatic heterocycles. The predicted octanol–water partition coefficient (Wildman–Crippen LogP) is 1.83. The van der Waals surface area contributed by atoms with Crippen LogP contribution in [0, 0.1) is 0 Å². The molecule has 2 heteroatoms. The van der Waals surface area contributed by atoms with Gasteiger partial charge in [0, 0.05) is 13.0 Å². The van der Waals surface area contributed by atoms with Gasteiger partial charge in [-0.15, -0.1) is 0 Å². The third-order valence-electron chi connectivity index (χ3n) is 2.17. The van der Waals surface area contributed by atoms with Crippen molar-refractivity contribution in [3.8, 4) is 0 Å². The quantitative estimate of drug-likeness (QED) is 0.734. The Morgan fingerprint density at radius 1 is 1.36 bits per heavy atom. The Kier molecular flexibility index (Phi) is 3.60. The van der Waals surface area contributed by atoms with Crippen molar-refractivity contribution in [2.24, 2.45) is 5.73 Å². The number of allylic oxidation sites excluding steroid dienone is 1. The number of hydrogen-bond donors (Lipinski definition) is 1. The van der Waals surface area contributed by atoms with Gasteiger partial charge in [0.2, 0.25) is 0 Å². The van der Waals surface area contributed by atoms with Gasteiger partial charge in [0.05, 0.1) is 0 Å². The van der Waals surface area contributed by atoms with Crippen LogP contribution in [0.25, 0.3) is 0 Å². The van der Waals surface area contributed by atoms with E-state index in [1.54, 1.807) is 6.92 Å². The van der Waals surface area contributed by atoms with Crippen molar-refractivity contribution in [3.63, 3.8) is 0 Å². The smallest absolute Gasteiger partial charge is 0.162 e. The molecule has 1 rings (SSSR count). The topological polar surface area (TPSA) is 43.1 Å². The molecule has 0 saturated carbocycles. The van der Waals surface area contributed by atoms with Crippen LogP contribution in [0.2, 0.25) is 0 Å². The molecule has 0 atom stereocenters. The first-order valence-corrected chi connectivity index (χ1v) is 4.60. The molecule has 0 aliphatic rings. The second-order valence-corrected chi connectivity index (χ2v) is 3.35. The molecule has 14 heavy (non-hydrogen) atoms. The van der Waals surface area contributed by atoms with E-state index in [2.05, 4.69) is 6.58 Å². The number of Topliss-reactive ketones (excluding diaryl/α,β-unsaturated/α-hetero) is 1. The second kappa shape index (κ2) is 4.72. The molecule has 0 aliphatic carbocycles. The van der Waals surface area contributed by atoms with Crippen molar-refractivity contribution in [3.05, 3.63) is 47.5 Å².